The highest BCUT2D eigenvalue weighted by Gasteiger charge is 2.18. The molecular formula is C35H33N3O6S. The van der Waals surface area contributed by atoms with Crippen LogP contribution >= 0.6 is 11.8 Å². The molecule has 4 aromatic carbocycles. The lowest BCUT2D eigenvalue weighted by atomic mass is 10.1. The zero-order chi connectivity index (χ0) is 32.3. The van der Waals surface area contributed by atoms with Gasteiger partial charge in [-0.15, -0.1) is 11.8 Å². The number of hydrogen-bond donors (Lipinski definition) is 3. The third kappa shape index (κ3) is 9.07. The average molecular weight is 624 g/mol. The molecule has 0 aromatic heterocycles. The second kappa shape index (κ2) is 15.4. The lowest BCUT2D eigenvalue weighted by Gasteiger charge is -2.15. The number of carbonyl (C=O) groups excluding carboxylic acids is 4. The quantitative estimate of drug-likeness (QED) is 0.0944. The summed E-state index contributed by atoms with van der Waals surface area (Å²) in [5, 5.41) is 7.96. The van der Waals surface area contributed by atoms with Gasteiger partial charge in [-0.3, -0.25) is 19.2 Å². The van der Waals surface area contributed by atoms with Gasteiger partial charge in [0.05, 0.1) is 19.5 Å². The van der Waals surface area contributed by atoms with Crippen molar-refractivity contribution in [3.8, 4) is 11.5 Å². The van der Waals surface area contributed by atoms with Crippen molar-refractivity contribution in [2.75, 3.05) is 24.9 Å². The summed E-state index contributed by atoms with van der Waals surface area (Å²) >= 11 is 1.32. The van der Waals surface area contributed by atoms with Crippen molar-refractivity contribution in [2.24, 2.45) is 0 Å². The number of benzene rings is 4. The second-order valence-electron chi connectivity index (χ2n) is 9.85. The molecule has 0 saturated heterocycles. The maximum atomic E-state index is 13.6. The number of carbonyl (C=O) groups is 4. The van der Waals surface area contributed by atoms with E-state index in [1.54, 1.807) is 97.9 Å². The largest absolute Gasteiger partial charge is 0.497 e. The van der Waals surface area contributed by atoms with Gasteiger partial charge >= 0.3 is 0 Å². The first-order valence-corrected chi connectivity index (χ1v) is 14.8. The van der Waals surface area contributed by atoms with Crippen LogP contribution in [0.15, 0.2) is 108 Å². The summed E-state index contributed by atoms with van der Waals surface area (Å²) < 4.78 is 10.8. The Morgan fingerprint density at radius 1 is 0.756 bits per heavy atom. The van der Waals surface area contributed by atoms with Crippen LogP contribution in [0.2, 0.25) is 0 Å². The van der Waals surface area contributed by atoms with Gasteiger partial charge < -0.3 is 25.4 Å². The molecule has 1 unspecified atom stereocenters. The number of amides is 3. The highest BCUT2D eigenvalue weighted by atomic mass is 32.2. The predicted molar refractivity (Wildman–Crippen MR) is 177 cm³/mol. The summed E-state index contributed by atoms with van der Waals surface area (Å²) in [4.78, 5) is 51.7. The highest BCUT2D eigenvalue weighted by Crippen LogP contribution is 2.28. The lowest BCUT2D eigenvalue weighted by Crippen LogP contribution is -2.30. The molecule has 4 rings (SSSR count). The number of ketones is 1. The Bertz CT molecular complexity index is 1720. The van der Waals surface area contributed by atoms with E-state index in [1.165, 1.54) is 39.0 Å². The van der Waals surface area contributed by atoms with Crippen LogP contribution in [0.4, 0.5) is 11.4 Å². The minimum absolute atomic E-state index is 0.0167. The van der Waals surface area contributed by atoms with Gasteiger partial charge in [0.25, 0.3) is 11.8 Å². The Labute approximate surface area is 266 Å². The SMILES string of the molecule is COc1ccc(OC)c(/C=C(/NC(=O)c2ccccc2)C(=O)Nc2cccc(SC(C)C(=O)Nc3ccc(C(C)=O)cc3)c2)c1. The highest BCUT2D eigenvalue weighted by molar-refractivity contribution is 8.00. The minimum atomic E-state index is -0.564. The Kier molecular flexibility index (Phi) is 11.1. The number of rotatable bonds is 12. The molecule has 0 saturated carbocycles. The zero-order valence-electron chi connectivity index (χ0n) is 25.3. The Hall–Kier alpha value is -5.35. The van der Waals surface area contributed by atoms with E-state index in [2.05, 4.69) is 16.0 Å². The van der Waals surface area contributed by atoms with Gasteiger partial charge in [0.1, 0.15) is 17.2 Å². The van der Waals surface area contributed by atoms with Gasteiger partial charge in [0.2, 0.25) is 5.91 Å². The van der Waals surface area contributed by atoms with E-state index < -0.39 is 17.1 Å². The van der Waals surface area contributed by atoms with Gasteiger partial charge in [-0.2, -0.15) is 0 Å². The fourth-order valence-corrected chi connectivity index (χ4v) is 5.11. The first kappa shape index (κ1) is 32.6. The molecular weight excluding hydrogens is 590 g/mol. The van der Waals surface area contributed by atoms with Crippen molar-refractivity contribution >= 4 is 52.7 Å². The summed E-state index contributed by atoms with van der Waals surface area (Å²) in [6.07, 6.45) is 1.52. The number of hydrogen-bond acceptors (Lipinski definition) is 7. The molecule has 0 heterocycles. The van der Waals surface area contributed by atoms with E-state index in [0.29, 0.717) is 39.6 Å². The molecule has 0 fully saturated rings. The van der Waals surface area contributed by atoms with E-state index >= 15 is 0 Å². The molecule has 0 aliphatic heterocycles. The van der Waals surface area contributed by atoms with Crippen molar-refractivity contribution in [2.45, 2.75) is 24.0 Å². The van der Waals surface area contributed by atoms with Crippen LogP contribution in [-0.4, -0.2) is 43.0 Å². The van der Waals surface area contributed by atoms with Crippen LogP contribution < -0.4 is 25.4 Å². The van der Waals surface area contributed by atoms with E-state index in [4.69, 9.17) is 9.47 Å². The summed E-state index contributed by atoms with van der Waals surface area (Å²) in [5.74, 6) is -0.260. The second-order valence-corrected chi connectivity index (χ2v) is 11.3. The molecule has 0 bridgehead atoms. The molecule has 10 heteroatoms. The topological polar surface area (TPSA) is 123 Å². The third-order valence-corrected chi connectivity index (χ3v) is 7.69. The normalized spacial score (nSPS) is 11.6. The molecule has 1 atom stereocenters. The monoisotopic (exact) mass is 623 g/mol. The van der Waals surface area contributed by atoms with Crippen molar-refractivity contribution in [1.29, 1.82) is 0 Å². The smallest absolute Gasteiger partial charge is 0.272 e. The van der Waals surface area contributed by atoms with Crippen LogP contribution in [0.25, 0.3) is 6.08 Å². The van der Waals surface area contributed by atoms with E-state index in [-0.39, 0.29) is 17.4 Å². The zero-order valence-corrected chi connectivity index (χ0v) is 26.1. The van der Waals surface area contributed by atoms with Crippen molar-refractivity contribution < 1.29 is 28.7 Å². The molecule has 0 spiro atoms. The average Bonchev–Trinajstić information content (AvgIpc) is 3.05. The minimum Gasteiger partial charge on any atom is -0.497 e. The van der Waals surface area contributed by atoms with Crippen LogP contribution in [0.3, 0.4) is 0 Å². The first-order valence-electron chi connectivity index (χ1n) is 14.0. The van der Waals surface area contributed by atoms with Gasteiger partial charge in [-0.25, -0.2) is 0 Å². The molecule has 45 heavy (non-hydrogen) atoms. The van der Waals surface area contributed by atoms with Gasteiger partial charge in [0, 0.05) is 33.0 Å². The number of Topliss-reactive ketones (excluding diaryl/α,β-unsaturated/α-hetero) is 1. The fraction of sp³-hybridized carbons (Fsp3) is 0.143. The summed E-state index contributed by atoms with van der Waals surface area (Å²) in [7, 11) is 3.04. The Balaban J connectivity index is 1.51. The molecule has 9 nitrogen and oxygen atoms in total. The van der Waals surface area contributed by atoms with E-state index in [0.717, 1.165) is 4.90 Å². The number of nitrogens with one attached hydrogen (secondary N) is 3. The summed E-state index contributed by atoms with van der Waals surface area (Å²) in [5.41, 5.74) is 2.51. The number of methoxy groups -OCH3 is 2. The van der Waals surface area contributed by atoms with E-state index in [9.17, 15) is 19.2 Å². The van der Waals surface area contributed by atoms with Crippen LogP contribution in [0.1, 0.15) is 40.1 Å². The van der Waals surface area contributed by atoms with Crippen molar-refractivity contribution in [3.05, 3.63) is 119 Å². The molecule has 4 aromatic rings. The maximum absolute atomic E-state index is 13.6. The maximum Gasteiger partial charge on any atom is 0.272 e. The standard InChI is InChI=1S/C35H33N3O6S/c1-22(39)24-13-15-27(16-14-24)36-33(40)23(2)45-30-12-8-11-28(21-30)37-35(42)31(38-34(41)25-9-6-5-7-10-25)20-26-19-29(43-3)17-18-32(26)44-4/h5-21,23H,1-4H3,(H,36,40)(H,37,42)(H,38,41)/b31-20+. The summed E-state index contributed by atoms with van der Waals surface area (Å²) in [6.45, 7) is 3.26. The molecule has 0 aliphatic rings. The molecule has 0 radical (unpaired) electrons. The van der Waals surface area contributed by atoms with Crippen LogP contribution in [-0.2, 0) is 9.59 Å². The number of ether oxygens (including phenoxy) is 2. The first-order chi connectivity index (χ1) is 21.7. The van der Waals surface area contributed by atoms with Crippen molar-refractivity contribution in [1.82, 2.24) is 5.32 Å². The predicted octanol–water partition coefficient (Wildman–Crippen LogP) is 6.44. The van der Waals surface area contributed by atoms with Gasteiger partial charge in [-0.05, 0) is 92.7 Å². The van der Waals surface area contributed by atoms with Crippen molar-refractivity contribution in [3.63, 3.8) is 0 Å². The Morgan fingerprint density at radius 3 is 2.16 bits per heavy atom. The van der Waals surface area contributed by atoms with Gasteiger partial charge in [-0.1, -0.05) is 24.3 Å². The van der Waals surface area contributed by atoms with Crippen LogP contribution in [0, 0.1) is 0 Å². The third-order valence-electron chi connectivity index (χ3n) is 6.60. The molecule has 0 aliphatic carbocycles. The molecule has 3 amide bonds. The molecule has 3 N–H and O–H groups in total. The van der Waals surface area contributed by atoms with E-state index in [1.807, 2.05) is 6.07 Å². The van der Waals surface area contributed by atoms with Crippen LogP contribution in [0.5, 0.6) is 11.5 Å². The lowest BCUT2D eigenvalue weighted by molar-refractivity contribution is -0.115. The number of thioether (sulfide) groups is 1. The molecule has 230 valence electrons. The summed E-state index contributed by atoms with van der Waals surface area (Å²) in [6, 6.07) is 27.5. The Morgan fingerprint density at radius 2 is 1.49 bits per heavy atom. The fourth-order valence-electron chi connectivity index (χ4n) is 4.19. The van der Waals surface area contributed by atoms with Gasteiger partial charge in [0.15, 0.2) is 5.78 Å². The number of anilines is 2.